The van der Waals surface area contributed by atoms with Crippen molar-refractivity contribution in [2.24, 2.45) is 0 Å². The molecule has 0 aliphatic carbocycles. The molecule has 6 nitrogen and oxygen atoms in total. The summed E-state index contributed by atoms with van der Waals surface area (Å²) in [5, 5.41) is 0. The van der Waals surface area contributed by atoms with E-state index < -0.39 is 12.4 Å². The summed E-state index contributed by atoms with van der Waals surface area (Å²) < 4.78 is 29.5. The van der Waals surface area contributed by atoms with Crippen LogP contribution in [0.5, 0.6) is 0 Å². The number of hydrogen-bond acceptors (Lipinski definition) is 6. The van der Waals surface area contributed by atoms with Crippen LogP contribution in [0.2, 0.25) is 0 Å². The number of esters is 1. The normalized spacial score (nSPS) is 29.1. The molecule has 0 spiro atoms. The molecule has 154 valence electrons. The third-order valence-corrected chi connectivity index (χ3v) is 5.14. The molecule has 0 unspecified atom stereocenters. The van der Waals surface area contributed by atoms with Crippen LogP contribution in [0.1, 0.15) is 30.8 Å². The van der Waals surface area contributed by atoms with Gasteiger partial charge in [0, 0.05) is 12.0 Å². The van der Waals surface area contributed by atoms with E-state index in [4.69, 9.17) is 23.7 Å². The first-order chi connectivity index (χ1) is 14.2. The smallest absolute Gasteiger partial charge is 0.335 e. The minimum Gasteiger partial charge on any atom is -0.464 e. The average Bonchev–Trinajstić information content (AvgIpc) is 2.78. The van der Waals surface area contributed by atoms with Crippen molar-refractivity contribution >= 4 is 5.97 Å². The van der Waals surface area contributed by atoms with Crippen LogP contribution in [-0.4, -0.2) is 43.6 Å². The summed E-state index contributed by atoms with van der Waals surface area (Å²) in [7, 11) is 0. The second-order valence-corrected chi connectivity index (χ2v) is 7.16. The third-order valence-electron chi connectivity index (χ3n) is 5.14. The maximum Gasteiger partial charge on any atom is 0.335 e. The molecule has 0 saturated carbocycles. The van der Waals surface area contributed by atoms with Crippen molar-refractivity contribution < 1.29 is 28.5 Å². The van der Waals surface area contributed by atoms with Crippen LogP contribution < -0.4 is 0 Å². The highest BCUT2D eigenvalue weighted by Gasteiger charge is 2.47. The van der Waals surface area contributed by atoms with E-state index in [1.54, 1.807) is 6.92 Å². The summed E-state index contributed by atoms with van der Waals surface area (Å²) in [6, 6.07) is 19.7. The van der Waals surface area contributed by atoms with E-state index in [0.29, 0.717) is 26.2 Å². The third kappa shape index (κ3) is 4.85. The molecule has 2 aromatic rings. The molecule has 2 aliphatic rings. The molecule has 2 fully saturated rings. The van der Waals surface area contributed by atoms with Crippen LogP contribution in [-0.2, 0) is 35.1 Å². The Morgan fingerprint density at radius 2 is 1.76 bits per heavy atom. The number of ether oxygens (including phenoxy) is 5. The van der Waals surface area contributed by atoms with E-state index in [1.165, 1.54) is 0 Å². The second kappa shape index (κ2) is 9.50. The average molecular weight is 398 g/mol. The lowest BCUT2D eigenvalue weighted by Crippen LogP contribution is -2.57. The zero-order chi connectivity index (χ0) is 20.1. The van der Waals surface area contributed by atoms with Gasteiger partial charge >= 0.3 is 5.97 Å². The van der Waals surface area contributed by atoms with Crippen molar-refractivity contribution in [1.29, 1.82) is 0 Å². The van der Waals surface area contributed by atoms with Gasteiger partial charge in [0.1, 0.15) is 12.2 Å². The fourth-order valence-electron chi connectivity index (χ4n) is 3.71. The maximum absolute atomic E-state index is 12.3. The standard InChI is InChI=1S/C23H26O6/c1-2-25-22(24)19-13-18(26-14-16-9-5-3-6-10-16)21-20(28-19)15-27-23(29-21)17-11-7-4-8-12-17/h3-12,18-21,23H,2,13-15H2,1H3/t18-,19-,20-,21+,23-/m1/s1. The number of fused-ring (bicyclic) bond motifs is 1. The van der Waals surface area contributed by atoms with Crippen molar-refractivity contribution in [3.8, 4) is 0 Å². The van der Waals surface area contributed by atoms with E-state index in [1.807, 2.05) is 60.7 Å². The minimum absolute atomic E-state index is 0.307. The van der Waals surface area contributed by atoms with Gasteiger partial charge in [-0.05, 0) is 12.5 Å². The van der Waals surface area contributed by atoms with E-state index in [9.17, 15) is 4.79 Å². The molecule has 2 heterocycles. The molecule has 0 bridgehead atoms. The number of benzene rings is 2. The molecule has 2 aliphatic heterocycles. The van der Waals surface area contributed by atoms with Crippen LogP contribution >= 0.6 is 0 Å². The summed E-state index contributed by atoms with van der Waals surface area (Å²) in [5.74, 6) is -0.371. The SMILES string of the molecule is CCOC(=O)[C@H]1C[C@@H](OCc2ccccc2)[C@@H]2O[C@H](c3ccccc3)OC[C@H]2O1. The van der Waals surface area contributed by atoms with E-state index in [2.05, 4.69) is 0 Å². The van der Waals surface area contributed by atoms with Crippen molar-refractivity contribution in [2.45, 2.75) is 50.7 Å². The zero-order valence-electron chi connectivity index (χ0n) is 16.4. The molecule has 0 aromatic heterocycles. The van der Waals surface area contributed by atoms with Crippen LogP contribution in [0.4, 0.5) is 0 Å². The molecular formula is C23H26O6. The molecule has 6 heteroatoms. The largest absolute Gasteiger partial charge is 0.464 e. The van der Waals surface area contributed by atoms with E-state index in [0.717, 1.165) is 11.1 Å². The fraction of sp³-hybridized carbons (Fsp3) is 0.435. The lowest BCUT2D eigenvalue weighted by Gasteiger charge is -2.45. The number of carbonyl (C=O) groups excluding carboxylic acids is 1. The Labute approximate surface area is 170 Å². The van der Waals surface area contributed by atoms with Gasteiger partial charge in [-0.2, -0.15) is 0 Å². The maximum atomic E-state index is 12.3. The van der Waals surface area contributed by atoms with E-state index in [-0.39, 0.29) is 24.3 Å². The number of carbonyl (C=O) groups is 1. The molecule has 0 N–H and O–H groups in total. The van der Waals surface area contributed by atoms with Crippen molar-refractivity contribution in [2.75, 3.05) is 13.2 Å². The predicted octanol–water partition coefficient (Wildman–Crippen LogP) is 3.41. The fourth-order valence-corrected chi connectivity index (χ4v) is 3.71. The number of hydrogen-bond donors (Lipinski definition) is 0. The summed E-state index contributed by atoms with van der Waals surface area (Å²) in [6.07, 6.45) is -1.81. The van der Waals surface area contributed by atoms with Crippen molar-refractivity contribution in [1.82, 2.24) is 0 Å². The van der Waals surface area contributed by atoms with Crippen LogP contribution in [0.3, 0.4) is 0 Å². The van der Waals surface area contributed by atoms with Crippen LogP contribution in [0.15, 0.2) is 60.7 Å². The molecule has 0 radical (unpaired) electrons. The molecule has 29 heavy (non-hydrogen) atoms. The van der Waals surface area contributed by atoms with Crippen molar-refractivity contribution in [3.05, 3.63) is 71.8 Å². The van der Waals surface area contributed by atoms with Gasteiger partial charge in [0.05, 0.1) is 25.9 Å². The van der Waals surface area contributed by atoms with Gasteiger partial charge in [0.2, 0.25) is 0 Å². The quantitative estimate of drug-likeness (QED) is 0.695. The Morgan fingerprint density at radius 1 is 1.03 bits per heavy atom. The zero-order valence-corrected chi connectivity index (χ0v) is 16.4. The molecule has 2 aromatic carbocycles. The Bertz CT molecular complexity index is 780. The molecular weight excluding hydrogens is 372 g/mol. The van der Waals surface area contributed by atoms with E-state index >= 15 is 0 Å². The first kappa shape index (κ1) is 20.0. The highest BCUT2D eigenvalue weighted by atomic mass is 16.7. The Balaban J connectivity index is 1.49. The second-order valence-electron chi connectivity index (χ2n) is 7.16. The summed E-state index contributed by atoms with van der Waals surface area (Å²) in [5.41, 5.74) is 2.01. The van der Waals surface area contributed by atoms with Gasteiger partial charge < -0.3 is 23.7 Å². The highest BCUT2D eigenvalue weighted by Crippen LogP contribution is 2.35. The lowest BCUT2D eigenvalue weighted by atomic mass is 9.96. The van der Waals surface area contributed by atoms with Gasteiger partial charge in [-0.3, -0.25) is 0 Å². The summed E-state index contributed by atoms with van der Waals surface area (Å²) in [6.45, 7) is 2.85. The van der Waals surface area contributed by atoms with Gasteiger partial charge in [-0.1, -0.05) is 60.7 Å². The topological polar surface area (TPSA) is 63.2 Å². The molecule has 5 atom stereocenters. The van der Waals surface area contributed by atoms with Crippen LogP contribution in [0.25, 0.3) is 0 Å². The summed E-state index contributed by atoms with van der Waals surface area (Å²) >= 11 is 0. The Kier molecular flexibility index (Phi) is 6.56. The predicted molar refractivity (Wildman–Crippen MR) is 105 cm³/mol. The minimum atomic E-state index is -0.683. The van der Waals surface area contributed by atoms with Gasteiger partial charge in [0.15, 0.2) is 12.4 Å². The van der Waals surface area contributed by atoms with Crippen LogP contribution in [0, 0.1) is 0 Å². The Morgan fingerprint density at radius 3 is 2.48 bits per heavy atom. The molecule has 4 rings (SSSR count). The highest BCUT2D eigenvalue weighted by molar-refractivity contribution is 5.74. The van der Waals surface area contributed by atoms with Gasteiger partial charge in [-0.15, -0.1) is 0 Å². The molecule has 2 saturated heterocycles. The number of rotatable bonds is 6. The van der Waals surface area contributed by atoms with Gasteiger partial charge in [0.25, 0.3) is 0 Å². The monoisotopic (exact) mass is 398 g/mol. The van der Waals surface area contributed by atoms with Crippen molar-refractivity contribution in [3.63, 3.8) is 0 Å². The first-order valence-corrected chi connectivity index (χ1v) is 10.0. The van der Waals surface area contributed by atoms with Gasteiger partial charge in [-0.25, -0.2) is 4.79 Å². The lowest BCUT2D eigenvalue weighted by molar-refractivity contribution is -0.314. The summed E-state index contributed by atoms with van der Waals surface area (Å²) in [4.78, 5) is 12.3. The first-order valence-electron chi connectivity index (χ1n) is 10.0. The molecule has 0 amide bonds. The Hall–Kier alpha value is -2.25.